The Labute approximate surface area is 165 Å². The highest BCUT2D eigenvalue weighted by Gasteiger charge is 2.15. The van der Waals surface area contributed by atoms with Gasteiger partial charge in [0.1, 0.15) is 5.60 Å². The number of rotatable bonds is 6. The Morgan fingerprint density at radius 3 is 2.07 bits per heavy atom. The van der Waals surface area contributed by atoms with Crippen LogP contribution in [-0.2, 0) is 4.74 Å². The summed E-state index contributed by atoms with van der Waals surface area (Å²) in [4.78, 5) is 11.5. The standard InChI is InChI=1S/C20H26N4O2S/c1-20(2,3)26-19(25)22-14-13-21-18(27)24-17-11-9-16(10-12-17)23-15-7-5-4-6-8-15/h4-12,23H,13-14H2,1-3H3,(H,22,25)(H2,21,24,27). The van der Waals surface area contributed by atoms with Crippen LogP contribution in [0.15, 0.2) is 54.6 Å². The van der Waals surface area contributed by atoms with E-state index >= 15 is 0 Å². The van der Waals surface area contributed by atoms with Crippen LogP contribution in [0.1, 0.15) is 20.8 Å². The summed E-state index contributed by atoms with van der Waals surface area (Å²) in [5, 5.41) is 12.6. The predicted octanol–water partition coefficient (Wildman–Crippen LogP) is 4.24. The maximum atomic E-state index is 11.5. The molecule has 7 heteroatoms. The Kier molecular flexibility index (Phi) is 7.43. The number of benzene rings is 2. The summed E-state index contributed by atoms with van der Waals surface area (Å²) in [6, 6.07) is 17.8. The van der Waals surface area contributed by atoms with Gasteiger partial charge in [-0.25, -0.2) is 4.79 Å². The molecule has 6 nitrogen and oxygen atoms in total. The Balaban J connectivity index is 1.69. The van der Waals surface area contributed by atoms with Crippen molar-refractivity contribution < 1.29 is 9.53 Å². The summed E-state index contributed by atoms with van der Waals surface area (Å²) in [7, 11) is 0. The first-order valence-electron chi connectivity index (χ1n) is 8.76. The van der Waals surface area contributed by atoms with Gasteiger partial charge in [-0.3, -0.25) is 0 Å². The molecule has 2 aromatic rings. The van der Waals surface area contributed by atoms with E-state index in [-0.39, 0.29) is 0 Å². The molecule has 0 fully saturated rings. The second-order valence-electron chi connectivity index (χ2n) is 6.88. The van der Waals surface area contributed by atoms with Crippen LogP contribution in [0, 0.1) is 0 Å². The monoisotopic (exact) mass is 386 g/mol. The fourth-order valence-electron chi connectivity index (χ4n) is 2.16. The van der Waals surface area contributed by atoms with Crippen molar-refractivity contribution >= 4 is 40.5 Å². The zero-order chi connectivity index (χ0) is 19.7. The molecule has 0 aliphatic heterocycles. The van der Waals surface area contributed by atoms with E-state index in [1.54, 1.807) is 0 Å². The molecule has 0 atom stereocenters. The zero-order valence-corrected chi connectivity index (χ0v) is 16.7. The molecule has 0 aliphatic rings. The largest absolute Gasteiger partial charge is 0.444 e. The predicted molar refractivity (Wildman–Crippen MR) is 115 cm³/mol. The number of thiocarbonyl (C=S) groups is 1. The number of ether oxygens (including phenoxy) is 1. The van der Waals surface area contributed by atoms with Crippen LogP contribution in [0.3, 0.4) is 0 Å². The van der Waals surface area contributed by atoms with Crippen molar-refractivity contribution in [3.63, 3.8) is 0 Å². The van der Waals surface area contributed by atoms with Gasteiger partial charge in [0.15, 0.2) is 5.11 Å². The molecular weight excluding hydrogens is 360 g/mol. The van der Waals surface area contributed by atoms with Crippen molar-refractivity contribution in [1.82, 2.24) is 10.6 Å². The molecule has 4 N–H and O–H groups in total. The maximum absolute atomic E-state index is 11.5. The Morgan fingerprint density at radius 2 is 1.44 bits per heavy atom. The molecule has 0 heterocycles. The van der Waals surface area contributed by atoms with Gasteiger partial charge < -0.3 is 26.0 Å². The van der Waals surface area contributed by atoms with E-state index in [0.717, 1.165) is 17.1 Å². The number of carbonyl (C=O) groups excluding carboxylic acids is 1. The van der Waals surface area contributed by atoms with Gasteiger partial charge in [-0.05, 0) is 69.4 Å². The lowest BCUT2D eigenvalue weighted by atomic mass is 10.2. The minimum Gasteiger partial charge on any atom is -0.444 e. The van der Waals surface area contributed by atoms with Crippen molar-refractivity contribution in [3.05, 3.63) is 54.6 Å². The first kappa shape index (κ1) is 20.5. The van der Waals surface area contributed by atoms with E-state index in [2.05, 4.69) is 21.3 Å². The van der Waals surface area contributed by atoms with Crippen LogP contribution in [0.5, 0.6) is 0 Å². The lowest BCUT2D eigenvalue weighted by molar-refractivity contribution is 0.0529. The number of amides is 1. The van der Waals surface area contributed by atoms with Crippen molar-refractivity contribution in [3.8, 4) is 0 Å². The number of para-hydroxylation sites is 1. The van der Waals surface area contributed by atoms with Crippen molar-refractivity contribution in [2.45, 2.75) is 26.4 Å². The maximum Gasteiger partial charge on any atom is 0.407 e. The molecule has 2 rings (SSSR count). The summed E-state index contributed by atoms with van der Waals surface area (Å²) in [5.74, 6) is 0. The minimum absolute atomic E-state index is 0.413. The van der Waals surface area contributed by atoms with Crippen molar-refractivity contribution in [2.24, 2.45) is 0 Å². The van der Waals surface area contributed by atoms with Gasteiger partial charge >= 0.3 is 6.09 Å². The van der Waals surface area contributed by atoms with Gasteiger partial charge in [0.25, 0.3) is 0 Å². The first-order chi connectivity index (χ1) is 12.8. The molecule has 0 aliphatic carbocycles. The average molecular weight is 387 g/mol. The lowest BCUT2D eigenvalue weighted by Crippen LogP contribution is -2.39. The van der Waals surface area contributed by atoms with Crippen LogP contribution >= 0.6 is 12.2 Å². The number of alkyl carbamates (subject to hydrolysis) is 1. The summed E-state index contributed by atoms with van der Waals surface area (Å²) in [6.45, 7) is 6.38. The zero-order valence-electron chi connectivity index (χ0n) is 15.8. The summed E-state index contributed by atoms with van der Waals surface area (Å²) in [5.41, 5.74) is 2.40. The molecule has 144 valence electrons. The molecule has 0 saturated carbocycles. The summed E-state index contributed by atoms with van der Waals surface area (Å²) < 4.78 is 5.16. The van der Waals surface area contributed by atoms with Gasteiger partial charge in [-0.15, -0.1) is 0 Å². The van der Waals surface area contributed by atoms with E-state index < -0.39 is 11.7 Å². The lowest BCUT2D eigenvalue weighted by Gasteiger charge is -2.19. The van der Waals surface area contributed by atoms with Crippen LogP contribution in [0.25, 0.3) is 0 Å². The molecule has 0 bridgehead atoms. The smallest absolute Gasteiger partial charge is 0.407 e. The van der Waals surface area contributed by atoms with Gasteiger partial charge in [-0.1, -0.05) is 18.2 Å². The van der Waals surface area contributed by atoms with E-state index in [1.807, 2.05) is 75.4 Å². The molecule has 0 spiro atoms. The van der Waals surface area contributed by atoms with Gasteiger partial charge in [0, 0.05) is 30.2 Å². The van der Waals surface area contributed by atoms with Gasteiger partial charge in [0.2, 0.25) is 0 Å². The minimum atomic E-state index is -0.504. The summed E-state index contributed by atoms with van der Waals surface area (Å²) >= 11 is 5.26. The molecular formula is C20H26N4O2S. The molecule has 2 aromatic carbocycles. The van der Waals surface area contributed by atoms with Crippen LogP contribution < -0.4 is 21.3 Å². The molecule has 0 unspecified atom stereocenters. The number of anilines is 3. The number of hydrogen-bond donors (Lipinski definition) is 4. The third-order valence-electron chi connectivity index (χ3n) is 3.28. The van der Waals surface area contributed by atoms with Crippen LogP contribution in [-0.4, -0.2) is 29.9 Å². The van der Waals surface area contributed by atoms with E-state index in [9.17, 15) is 4.79 Å². The second kappa shape index (κ2) is 9.78. The average Bonchev–Trinajstić information content (AvgIpc) is 2.60. The van der Waals surface area contributed by atoms with Gasteiger partial charge in [-0.2, -0.15) is 0 Å². The first-order valence-corrected chi connectivity index (χ1v) is 9.16. The fourth-order valence-corrected chi connectivity index (χ4v) is 2.38. The normalized spacial score (nSPS) is 10.6. The molecule has 0 radical (unpaired) electrons. The summed E-state index contributed by atoms with van der Waals surface area (Å²) in [6.07, 6.45) is -0.440. The second-order valence-corrected chi connectivity index (χ2v) is 7.29. The Morgan fingerprint density at radius 1 is 0.889 bits per heavy atom. The molecule has 1 amide bonds. The third-order valence-corrected chi connectivity index (χ3v) is 3.53. The van der Waals surface area contributed by atoms with Crippen LogP contribution in [0.2, 0.25) is 0 Å². The number of nitrogens with one attached hydrogen (secondary N) is 4. The molecule has 0 aromatic heterocycles. The van der Waals surface area contributed by atoms with E-state index in [1.165, 1.54) is 0 Å². The quantitative estimate of drug-likeness (QED) is 0.440. The van der Waals surface area contributed by atoms with E-state index in [0.29, 0.717) is 18.2 Å². The topological polar surface area (TPSA) is 74.4 Å². The van der Waals surface area contributed by atoms with E-state index in [4.69, 9.17) is 17.0 Å². The highest BCUT2D eigenvalue weighted by atomic mass is 32.1. The Bertz CT molecular complexity index is 743. The highest BCUT2D eigenvalue weighted by molar-refractivity contribution is 7.80. The number of hydrogen-bond acceptors (Lipinski definition) is 4. The molecule has 27 heavy (non-hydrogen) atoms. The van der Waals surface area contributed by atoms with Crippen LogP contribution in [0.4, 0.5) is 21.9 Å². The fraction of sp³-hybridized carbons (Fsp3) is 0.300. The highest BCUT2D eigenvalue weighted by Crippen LogP contribution is 2.18. The molecule has 0 saturated heterocycles. The number of carbonyl (C=O) groups is 1. The van der Waals surface area contributed by atoms with Gasteiger partial charge in [0.05, 0.1) is 0 Å². The SMILES string of the molecule is CC(C)(C)OC(=O)NCCNC(=S)Nc1ccc(Nc2ccccc2)cc1. The van der Waals surface area contributed by atoms with Crippen molar-refractivity contribution in [2.75, 3.05) is 23.7 Å². The third kappa shape index (κ3) is 8.42. The Hall–Kier alpha value is -2.80. The van der Waals surface area contributed by atoms with Crippen molar-refractivity contribution in [1.29, 1.82) is 0 Å².